The number of rotatable bonds is 4. The zero-order chi connectivity index (χ0) is 24.1. The smallest absolute Gasteiger partial charge is 0.416 e. The third-order valence-electron chi connectivity index (χ3n) is 7.59. The number of anilines is 1. The van der Waals surface area contributed by atoms with Crippen LogP contribution in [0, 0.1) is 6.92 Å². The molecule has 2 fully saturated rings. The number of β-amino-alcohol motifs (C(OH)–C–C–N with tert-alkyl or cyclic N) is 1. The first kappa shape index (κ1) is 23.4. The molecule has 0 radical (unpaired) electrons. The van der Waals surface area contributed by atoms with Gasteiger partial charge >= 0.3 is 6.18 Å². The zero-order valence-electron chi connectivity index (χ0n) is 19.4. The van der Waals surface area contributed by atoms with Gasteiger partial charge in [0.1, 0.15) is 5.75 Å². The Morgan fingerprint density at radius 1 is 1.09 bits per heavy atom. The van der Waals surface area contributed by atoms with Crippen molar-refractivity contribution in [2.75, 3.05) is 31.1 Å². The molecular weight excluding hydrogens is 445 g/mol. The Hall–Kier alpha value is -2.39. The number of hydrogen-bond acceptors (Lipinski definition) is 6. The number of phenols is 1. The minimum atomic E-state index is -4.52. The van der Waals surface area contributed by atoms with Crippen LogP contribution < -0.4 is 4.90 Å². The summed E-state index contributed by atoms with van der Waals surface area (Å²) in [5.74, 6) is 0.388. The maximum Gasteiger partial charge on any atom is 0.416 e. The molecule has 2 aliphatic heterocycles. The van der Waals surface area contributed by atoms with E-state index in [1.165, 1.54) is 0 Å². The lowest BCUT2D eigenvalue weighted by molar-refractivity contribution is -0.137. The van der Waals surface area contributed by atoms with Gasteiger partial charge in [-0.05, 0) is 87.7 Å². The van der Waals surface area contributed by atoms with Crippen molar-refractivity contribution in [1.82, 2.24) is 15.1 Å². The molecule has 1 aromatic heterocycles. The first-order valence-corrected chi connectivity index (χ1v) is 12.1. The standard InChI is InChI=1S/C25H31F3N4O2/c1-16-11-18(25(26,27)28)13-21(33)22(16)20-12-17-5-2-10-32(23(17)30-29-20)19-6-3-9-31(14-19)15-24(34)7-4-8-24/h11-13,19,33-34H,2-10,14-15H2,1H3. The van der Waals surface area contributed by atoms with Gasteiger partial charge in [0.2, 0.25) is 0 Å². The summed E-state index contributed by atoms with van der Waals surface area (Å²) in [5, 5.41) is 29.8. The molecular formula is C25H31F3N4O2. The predicted molar refractivity (Wildman–Crippen MR) is 123 cm³/mol. The Balaban J connectivity index is 1.38. The van der Waals surface area contributed by atoms with Gasteiger partial charge in [0, 0.05) is 31.2 Å². The number of halogens is 3. The number of hydrogen-bond donors (Lipinski definition) is 2. The lowest BCUT2D eigenvalue weighted by atomic mass is 9.79. The van der Waals surface area contributed by atoms with Crippen LogP contribution in [0.25, 0.3) is 11.3 Å². The van der Waals surface area contributed by atoms with Crippen LogP contribution >= 0.6 is 0 Å². The van der Waals surface area contributed by atoms with Gasteiger partial charge in [-0.1, -0.05) is 0 Å². The summed E-state index contributed by atoms with van der Waals surface area (Å²) in [7, 11) is 0. The molecule has 9 heteroatoms. The van der Waals surface area contributed by atoms with Crippen LogP contribution in [0.4, 0.5) is 19.0 Å². The number of likely N-dealkylation sites (tertiary alicyclic amines) is 1. The first-order chi connectivity index (χ1) is 16.1. The van der Waals surface area contributed by atoms with E-state index in [0.717, 1.165) is 94.6 Å². The number of alkyl halides is 3. The van der Waals surface area contributed by atoms with Crippen LogP contribution in [-0.2, 0) is 12.6 Å². The van der Waals surface area contributed by atoms with Crippen molar-refractivity contribution in [3.8, 4) is 17.0 Å². The number of phenolic OH excluding ortho intramolecular Hbond substituents is 1. The van der Waals surface area contributed by atoms with E-state index >= 15 is 0 Å². The summed E-state index contributed by atoms with van der Waals surface area (Å²) in [6.07, 6.45) is 2.22. The van der Waals surface area contributed by atoms with Gasteiger partial charge in [-0.3, -0.25) is 4.90 Å². The van der Waals surface area contributed by atoms with E-state index in [9.17, 15) is 23.4 Å². The van der Waals surface area contributed by atoms with Crippen LogP contribution in [0.1, 0.15) is 55.2 Å². The summed E-state index contributed by atoms with van der Waals surface area (Å²) in [5.41, 5.74) is 0.588. The summed E-state index contributed by atoms with van der Waals surface area (Å²) < 4.78 is 39.3. The second-order valence-electron chi connectivity index (χ2n) is 10.2. The van der Waals surface area contributed by atoms with Gasteiger partial charge < -0.3 is 15.1 Å². The fourth-order valence-corrected chi connectivity index (χ4v) is 5.73. The highest BCUT2D eigenvalue weighted by molar-refractivity contribution is 5.72. The molecule has 1 aliphatic carbocycles. The molecule has 5 rings (SSSR count). The maximum atomic E-state index is 13.1. The largest absolute Gasteiger partial charge is 0.507 e. The fraction of sp³-hybridized carbons (Fsp3) is 0.600. The van der Waals surface area contributed by atoms with Crippen molar-refractivity contribution in [3.05, 3.63) is 34.9 Å². The van der Waals surface area contributed by atoms with E-state index in [4.69, 9.17) is 0 Å². The highest BCUT2D eigenvalue weighted by atomic mass is 19.4. The van der Waals surface area contributed by atoms with E-state index in [-0.39, 0.29) is 11.6 Å². The van der Waals surface area contributed by atoms with Gasteiger partial charge in [0.05, 0.1) is 16.9 Å². The molecule has 1 saturated heterocycles. The lowest BCUT2D eigenvalue weighted by Crippen LogP contribution is -2.55. The van der Waals surface area contributed by atoms with E-state index in [1.807, 2.05) is 6.07 Å². The van der Waals surface area contributed by atoms with Crippen molar-refractivity contribution in [3.63, 3.8) is 0 Å². The van der Waals surface area contributed by atoms with E-state index < -0.39 is 23.1 Å². The van der Waals surface area contributed by atoms with Crippen molar-refractivity contribution >= 4 is 5.82 Å². The highest BCUT2D eigenvalue weighted by Crippen LogP contribution is 2.40. The number of aliphatic hydroxyl groups is 1. The molecule has 1 aromatic carbocycles. The Bertz CT molecular complexity index is 1050. The summed E-state index contributed by atoms with van der Waals surface area (Å²) in [6, 6.07) is 3.94. The molecule has 0 amide bonds. The summed E-state index contributed by atoms with van der Waals surface area (Å²) in [4.78, 5) is 4.68. The third-order valence-corrected chi connectivity index (χ3v) is 7.59. The van der Waals surface area contributed by atoms with Gasteiger partial charge in [-0.25, -0.2) is 0 Å². The fourth-order valence-electron chi connectivity index (χ4n) is 5.73. The highest BCUT2D eigenvalue weighted by Gasteiger charge is 2.38. The third kappa shape index (κ3) is 4.47. The van der Waals surface area contributed by atoms with Crippen molar-refractivity contribution in [2.45, 2.75) is 69.7 Å². The Labute approximate surface area is 197 Å². The molecule has 2 N–H and O–H groups in total. The zero-order valence-corrected chi connectivity index (χ0v) is 19.4. The molecule has 184 valence electrons. The van der Waals surface area contributed by atoms with Crippen LogP contribution in [0.3, 0.4) is 0 Å². The van der Waals surface area contributed by atoms with Crippen molar-refractivity contribution < 1.29 is 23.4 Å². The molecule has 1 atom stereocenters. The monoisotopic (exact) mass is 476 g/mol. The van der Waals surface area contributed by atoms with Crippen LogP contribution in [0.5, 0.6) is 5.75 Å². The van der Waals surface area contributed by atoms with E-state index in [1.54, 1.807) is 6.92 Å². The molecule has 0 bridgehead atoms. The number of aryl methyl sites for hydroxylation is 2. The number of nitrogens with zero attached hydrogens (tertiary/aromatic N) is 4. The second kappa shape index (κ2) is 8.68. The van der Waals surface area contributed by atoms with Crippen LogP contribution in [-0.4, -0.2) is 63.1 Å². The maximum absolute atomic E-state index is 13.1. The molecule has 0 spiro atoms. The second-order valence-corrected chi connectivity index (χ2v) is 10.2. The number of fused-ring (bicyclic) bond motifs is 1. The number of aromatic hydroxyl groups is 1. The predicted octanol–water partition coefficient (Wildman–Crippen LogP) is 4.31. The first-order valence-electron chi connectivity index (χ1n) is 12.1. The summed E-state index contributed by atoms with van der Waals surface area (Å²) in [6.45, 7) is 5.03. The molecule has 3 aliphatic rings. The Kier molecular flexibility index (Phi) is 5.96. The topological polar surface area (TPSA) is 72.7 Å². The Morgan fingerprint density at radius 3 is 2.56 bits per heavy atom. The van der Waals surface area contributed by atoms with Crippen molar-refractivity contribution in [1.29, 1.82) is 0 Å². The van der Waals surface area contributed by atoms with Crippen LogP contribution in [0.15, 0.2) is 18.2 Å². The molecule has 2 aromatic rings. The molecule has 6 nitrogen and oxygen atoms in total. The number of aromatic nitrogens is 2. The molecule has 1 saturated carbocycles. The van der Waals surface area contributed by atoms with Gasteiger partial charge in [-0.2, -0.15) is 13.2 Å². The van der Waals surface area contributed by atoms with E-state index in [2.05, 4.69) is 20.0 Å². The number of benzene rings is 1. The van der Waals surface area contributed by atoms with Gasteiger partial charge in [-0.15, -0.1) is 10.2 Å². The minimum Gasteiger partial charge on any atom is -0.507 e. The van der Waals surface area contributed by atoms with Gasteiger partial charge in [0.15, 0.2) is 5.82 Å². The lowest BCUT2D eigenvalue weighted by Gasteiger charge is -2.46. The van der Waals surface area contributed by atoms with E-state index in [0.29, 0.717) is 11.3 Å². The molecule has 3 heterocycles. The quantitative estimate of drug-likeness (QED) is 0.685. The molecule has 34 heavy (non-hydrogen) atoms. The summed E-state index contributed by atoms with van der Waals surface area (Å²) >= 11 is 0. The SMILES string of the molecule is Cc1cc(C(F)(F)F)cc(O)c1-c1cc2c(nn1)N(C1CCCN(CC3(O)CCC3)C1)CCC2. The van der Waals surface area contributed by atoms with Gasteiger partial charge in [0.25, 0.3) is 0 Å². The molecule has 1 unspecified atom stereocenters. The van der Waals surface area contributed by atoms with Crippen LogP contribution in [0.2, 0.25) is 0 Å². The normalized spacial score (nSPS) is 22.9. The minimum absolute atomic E-state index is 0.290. The Morgan fingerprint density at radius 2 is 1.88 bits per heavy atom. The average Bonchev–Trinajstić information content (AvgIpc) is 2.76. The average molecular weight is 477 g/mol. The number of piperidine rings is 1. The van der Waals surface area contributed by atoms with Crippen molar-refractivity contribution in [2.24, 2.45) is 0 Å².